The maximum atomic E-state index is 13.1. The van der Waals surface area contributed by atoms with Gasteiger partial charge in [0.2, 0.25) is 5.91 Å². The Bertz CT molecular complexity index is 972. The lowest BCUT2D eigenvalue weighted by molar-refractivity contribution is -0.274. The molecule has 5 rings (SSSR count). The van der Waals surface area contributed by atoms with Crippen molar-refractivity contribution in [2.75, 3.05) is 39.3 Å². The third-order valence-electron chi connectivity index (χ3n) is 7.63. The summed E-state index contributed by atoms with van der Waals surface area (Å²) in [6.07, 6.45) is 0.921. The molecule has 1 aromatic rings. The highest BCUT2D eigenvalue weighted by Crippen LogP contribution is 2.33. The predicted molar refractivity (Wildman–Crippen MR) is 125 cm³/mol. The molecular weight excluding hydrogens is 477 g/mol. The van der Waals surface area contributed by atoms with Crippen molar-refractivity contribution in [1.29, 1.82) is 0 Å². The van der Waals surface area contributed by atoms with Crippen LogP contribution in [0.15, 0.2) is 30.3 Å². The summed E-state index contributed by atoms with van der Waals surface area (Å²) in [4.78, 5) is 31.6. The van der Waals surface area contributed by atoms with E-state index in [1.807, 2.05) is 14.7 Å². The number of alkyl halides is 3. The average Bonchev–Trinajstić information content (AvgIpc) is 3.44. The SMILES string of the molecule is O=C(/C=C/c1ccc(OC(F)(F)F)cc1)N1CC[C@@H]2CN(C(=O)N3CCC4NNNC4C3)C[C@@H]2CC1. The molecule has 4 heterocycles. The summed E-state index contributed by atoms with van der Waals surface area (Å²) < 4.78 is 40.7. The lowest BCUT2D eigenvalue weighted by atomic mass is 9.92. The van der Waals surface area contributed by atoms with E-state index in [1.54, 1.807) is 6.08 Å². The molecule has 2 unspecified atom stereocenters. The van der Waals surface area contributed by atoms with Crippen molar-refractivity contribution in [3.8, 4) is 5.75 Å². The Labute approximate surface area is 207 Å². The van der Waals surface area contributed by atoms with Gasteiger partial charge in [-0.05, 0) is 54.9 Å². The second-order valence-electron chi connectivity index (χ2n) is 9.92. The maximum Gasteiger partial charge on any atom is 0.573 e. The molecule has 3 amide bonds. The zero-order valence-corrected chi connectivity index (χ0v) is 19.8. The number of carbonyl (C=O) groups excluding carboxylic acids is 2. The quantitative estimate of drug-likeness (QED) is 0.541. The molecule has 3 N–H and O–H groups in total. The standard InChI is InChI=1S/C24H31F3N6O3/c25-24(26,27)36-19-4-1-16(2-5-19)3-6-22(34)31-10-7-17-13-33(14-18(17)8-11-31)23(35)32-12-9-20-21(15-32)29-30-28-20/h1-6,17-18,20-21,28-30H,7-15H2/b6-3+/t17-,18+,20?,21?. The fourth-order valence-electron chi connectivity index (χ4n) is 5.65. The molecule has 12 heteroatoms. The molecule has 4 atom stereocenters. The van der Waals surface area contributed by atoms with E-state index in [2.05, 4.69) is 21.1 Å². The molecule has 9 nitrogen and oxygen atoms in total. The highest BCUT2D eigenvalue weighted by atomic mass is 19.4. The monoisotopic (exact) mass is 508 g/mol. The maximum absolute atomic E-state index is 13.1. The van der Waals surface area contributed by atoms with Gasteiger partial charge in [0.25, 0.3) is 0 Å². The summed E-state index contributed by atoms with van der Waals surface area (Å²) in [6.45, 7) is 4.13. The minimum absolute atomic E-state index is 0.109. The van der Waals surface area contributed by atoms with E-state index in [9.17, 15) is 22.8 Å². The molecular formula is C24H31F3N6O3. The number of halogens is 3. The average molecular weight is 509 g/mol. The molecule has 4 aliphatic heterocycles. The number of urea groups is 1. The van der Waals surface area contributed by atoms with Crippen LogP contribution in [0.1, 0.15) is 24.8 Å². The van der Waals surface area contributed by atoms with E-state index >= 15 is 0 Å². The first-order valence-corrected chi connectivity index (χ1v) is 12.4. The second kappa shape index (κ2) is 10.3. The summed E-state index contributed by atoms with van der Waals surface area (Å²) in [7, 11) is 0. The van der Waals surface area contributed by atoms with E-state index in [4.69, 9.17) is 0 Å². The number of hydrogen-bond acceptors (Lipinski definition) is 6. The molecule has 0 radical (unpaired) electrons. The third-order valence-corrected chi connectivity index (χ3v) is 7.63. The highest BCUT2D eigenvalue weighted by Gasteiger charge is 2.41. The molecule has 0 saturated carbocycles. The van der Waals surface area contributed by atoms with Crippen molar-refractivity contribution in [3.05, 3.63) is 35.9 Å². The Kier molecular flexibility index (Phi) is 7.09. The Morgan fingerprint density at radius 2 is 1.50 bits per heavy atom. The number of fused-ring (bicyclic) bond motifs is 2. The molecule has 0 aliphatic carbocycles. The van der Waals surface area contributed by atoms with Gasteiger partial charge < -0.3 is 19.4 Å². The first-order valence-electron chi connectivity index (χ1n) is 12.4. The molecule has 36 heavy (non-hydrogen) atoms. The van der Waals surface area contributed by atoms with Crippen LogP contribution >= 0.6 is 0 Å². The fourth-order valence-corrected chi connectivity index (χ4v) is 5.65. The lowest BCUT2D eigenvalue weighted by Gasteiger charge is -2.36. The van der Waals surface area contributed by atoms with Gasteiger partial charge >= 0.3 is 12.4 Å². The van der Waals surface area contributed by atoms with Crippen LogP contribution in [0.4, 0.5) is 18.0 Å². The minimum Gasteiger partial charge on any atom is -0.406 e. The second-order valence-corrected chi connectivity index (χ2v) is 9.92. The zero-order valence-electron chi connectivity index (χ0n) is 19.8. The van der Waals surface area contributed by atoms with Gasteiger partial charge in [0.15, 0.2) is 0 Å². The predicted octanol–water partition coefficient (Wildman–Crippen LogP) is 1.94. The number of ether oxygens (including phenoxy) is 1. The molecule has 1 aromatic carbocycles. The topological polar surface area (TPSA) is 89.2 Å². The summed E-state index contributed by atoms with van der Waals surface area (Å²) in [6, 6.07) is 6.06. The van der Waals surface area contributed by atoms with Crippen molar-refractivity contribution in [1.82, 2.24) is 31.1 Å². The fraction of sp³-hybridized carbons (Fsp3) is 0.583. The molecule has 4 saturated heterocycles. The van der Waals surface area contributed by atoms with Crippen molar-refractivity contribution in [2.24, 2.45) is 11.8 Å². The van der Waals surface area contributed by atoms with Crippen LogP contribution in [-0.2, 0) is 4.79 Å². The Morgan fingerprint density at radius 3 is 2.17 bits per heavy atom. The number of likely N-dealkylation sites (tertiary alicyclic amines) is 3. The number of benzene rings is 1. The van der Waals surface area contributed by atoms with Crippen LogP contribution in [0.2, 0.25) is 0 Å². The number of amides is 3. The summed E-state index contributed by atoms with van der Waals surface area (Å²) in [5.74, 6) is 0.337. The van der Waals surface area contributed by atoms with Crippen LogP contribution in [0.25, 0.3) is 6.08 Å². The van der Waals surface area contributed by atoms with Gasteiger partial charge in [0.05, 0.1) is 6.04 Å². The van der Waals surface area contributed by atoms with Crippen LogP contribution in [0.3, 0.4) is 0 Å². The molecule has 4 aliphatic rings. The highest BCUT2D eigenvalue weighted by molar-refractivity contribution is 5.91. The van der Waals surface area contributed by atoms with Gasteiger partial charge in [-0.1, -0.05) is 12.1 Å². The van der Waals surface area contributed by atoms with Crippen LogP contribution in [0, 0.1) is 11.8 Å². The van der Waals surface area contributed by atoms with Gasteiger partial charge in [0.1, 0.15) is 5.75 Å². The van der Waals surface area contributed by atoms with E-state index < -0.39 is 6.36 Å². The normalized spacial score (nSPS) is 28.7. The lowest BCUT2D eigenvalue weighted by Crippen LogP contribution is -2.55. The zero-order chi connectivity index (χ0) is 25.3. The van der Waals surface area contributed by atoms with E-state index in [0.29, 0.717) is 43.1 Å². The molecule has 4 fully saturated rings. The van der Waals surface area contributed by atoms with E-state index in [-0.39, 0.29) is 23.7 Å². The summed E-state index contributed by atoms with van der Waals surface area (Å²) in [5.41, 5.74) is 9.92. The van der Waals surface area contributed by atoms with Gasteiger partial charge in [-0.15, -0.1) is 13.2 Å². The first kappa shape index (κ1) is 24.8. The van der Waals surface area contributed by atoms with Gasteiger partial charge in [-0.2, -0.15) is 5.53 Å². The smallest absolute Gasteiger partial charge is 0.406 e. The van der Waals surface area contributed by atoms with E-state index in [1.165, 1.54) is 30.3 Å². The molecule has 0 bridgehead atoms. The van der Waals surface area contributed by atoms with Crippen LogP contribution < -0.4 is 21.1 Å². The molecule has 196 valence electrons. The molecule has 0 aromatic heterocycles. The van der Waals surface area contributed by atoms with Crippen LogP contribution in [-0.4, -0.2) is 84.4 Å². The van der Waals surface area contributed by atoms with Crippen molar-refractivity contribution < 1.29 is 27.5 Å². The number of nitrogens with one attached hydrogen (secondary N) is 3. The van der Waals surface area contributed by atoms with Gasteiger partial charge in [0, 0.05) is 51.4 Å². The Hall–Kier alpha value is -2.83. The number of piperidine rings is 1. The summed E-state index contributed by atoms with van der Waals surface area (Å²) in [5, 5.41) is 0. The summed E-state index contributed by atoms with van der Waals surface area (Å²) >= 11 is 0. The Morgan fingerprint density at radius 1 is 0.861 bits per heavy atom. The van der Waals surface area contributed by atoms with Crippen LogP contribution in [0.5, 0.6) is 5.75 Å². The molecule has 0 spiro atoms. The number of hydrazine groups is 2. The Balaban J connectivity index is 1.10. The first-order chi connectivity index (χ1) is 17.2. The minimum atomic E-state index is -4.73. The van der Waals surface area contributed by atoms with Crippen molar-refractivity contribution >= 4 is 18.0 Å². The van der Waals surface area contributed by atoms with Crippen molar-refractivity contribution in [3.63, 3.8) is 0 Å². The van der Waals surface area contributed by atoms with Crippen molar-refractivity contribution in [2.45, 2.75) is 37.7 Å². The van der Waals surface area contributed by atoms with Gasteiger partial charge in [-0.3, -0.25) is 4.79 Å². The number of hydrogen-bond donors (Lipinski definition) is 3. The number of carbonyl (C=O) groups is 2. The largest absolute Gasteiger partial charge is 0.573 e. The number of rotatable bonds is 3. The number of nitrogens with zero attached hydrogens (tertiary/aromatic N) is 3. The third kappa shape index (κ3) is 5.76. The van der Waals surface area contributed by atoms with E-state index in [0.717, 1.165) is 38.9 Å². The van der Waals surface area contributed by atoms with Gasteiger partial charge in [-0.25, -0.2) is 15.6 Å².